The van der Waals surface area contributed by atoms with Gasteiger partial charge in [-0.25, -0.2) is 4.79 Å². The number of hydrogen-bond acceptors (Lipinski definition) is 3. The summed E-state index contributed by atoms with van der Waals surface area (Å²) in [7, 11) is 1.70. The zero-order valence-electron chi connectivity index (χ0n) is 14.4. The minimum Gasteiger partial charge on any atom is -0.478 e. The van der Waals surface area contributed by atoms with Crippen molar-refractivity contribution in [3.05, 3.63) is 65.0 Å². The second kappa shape index (κ2) is 6.83. The molecule has 0 atom stereocenters. The Morgan fingerprint density at radius 3 is 2.38 bits per heavy atom. The zero-order chi connectivity index (χ0) is 17.9. The van der Waals surface area contributed by atoms with Gasteiger partial charge in [0.1, 0.15) is 5.69 Å². The third-order valence-electron chi connectivity index (χ3n) is 4.04. The molecule has 1 aromatic heterocycles. The van der Waals surface area contributed by atoms with Crippen molar-refractivity contribution < 1.29 is 14.7 Å². The van der Waals surface area contributed by atoms with E-state index in [1.807, 2.05) is 6.92 Å². The molecule has 5 heteroatoms. The highest BCUT2D eigenvalue weighted by Gasteiger charge is 2.26. The minimum atomic E-state index is -1.07. The second-order valence-electron chi connectivity index (χ2n) is 6.65. The van der Waals surface area contributed by atoms with Gasteiger partial charge in [-0.3, -0.25) is 9.78 Å². The number of nitrogens with zero attached hydrogens (tertiary/aromatic N) is 2. The first-order valence-electron chi connectivity index (χ1n) is 7.72. The largest absolute Gasteiger partial charge is 0.478 e. The van der Waals surface area contributed by atoms with E-state index in [-0.39, 0.29) is 22.6 Å². The van der Waals surface area contributed by atoms with Crippen molar-refractivity contribution in [2.24, 2.45) is 0 Å². The highest BCUT2D eigenvalue weighted by atomic mass is 16.4. The van der Waals surface area contributed by atoms with Gasteiger partial charge < -0.3 is 10.0 Å². The van der Waals surface area contributed by atoms with Crippen LogP contribution < -0.4 is 0 Å². The number of aryl methyl sites for hydroxylation is 1. The fraction of sp³-hybridized carbons (Fsp3) is 0.316. The molecule has 0 aliphatic carbocycles. The lowest BCUT2D eigenvalue weighted by Crippen LogP contribution is -2.38. The summed E-state index contributed by atoms with van der Waals surface area (Å²) < 4.78 is 0. The molecule has 5 nitrogen and oxygen atoms in total. The maximum absolute atomic E-state index is 12.6. The standard InChI is InChI=1S/C19H22N2O3/c1-13-5-7-15(8-6-13)19(2,3)12-21(4)17(22)16-11-14(18(23)24)9-10-20-16/h5-11H,12H2,1-4H3,(H,23,24). The number of amides is 1. The summed E-state index contributed by atoms with van der Waals surface area (Å²) in [6, 6.07) is 10.9. The average molecular weight is 326 g/mol. The van der Waals surface area contributed by atoms with Crippen LogP contribution in [0, 0.1) is 6.92 Å². The van der Waals surface area contributed by atoms with Gasteiger partial charge in [0.2, 0.25) is 0 Å². The number of rotatable bonds is 5. The molecule has 1 aromatic carbocycles. The van der Waals surface area contributed by atoms with Gasteiger partial charge in [-0.15, -0.1) is 0 Å². The Bertz CT molecular complexity index is 751. The summed E-state index contributed by atoms with van der Waals surface area (Å²) in [4.78, 5) is 29.2. The van der Waals surface area contributed by atoms with E-state index in [2.05, 4.69) is 43.1 Å². The summed E-state index contributed by atoms with van der Waals surface area (Å²) >= 11 is 0. The Morgan fingerprint density at radius 2 is 1.79 bits per heavy atom. The Kier molecular flexibility index (Phi) is 5.02. The number of pyridine rings is 1. The van der Waals surface area contributed by atoms with Crippen molar-refractivity contribution in [1.29, 1.82) is 0 Å². The fourth-order valence-electron chi connectivity index (χ4n) is 2.64. The Morgan fingerprint density at radius 1 is 1.17 bits per heavy atom. The van der Waals surface area contributed by atoms with Crippen LogP contribution in [0.15, 0.2) is 42.6 Å². The molecule has 1 heterocycles. The van der Waals surface area contributed by atoms with Crippen molar-refractivity contribution >= 4 is 11.9 Å². The topological polar surface area (TPSA) is 70.5 Å². The van der Waals surface area contributed by atoms with Crippen LogP contribution in [0.1, 0.15) is 45.8 Å². The number of carboxylic acid groups (broad SMARTS) is 1. The van der Waals surface area contributed by atoms with Crippen LogP contribution >= 0.6 is 0 Å². The summed E-state index contributed by atoms with van der Waals surface area (Å²) in [5, 5.41) is 9.03. The molecule has 2 aromatic rings. The number of aromatic carboxylic acids is 1. The summed E-state index contributed by atoms with van der Waals surface area (Å²) in [5.41, 5.74) is 2.29. The smallest absolute Gasteiger partial charge is 0.335 e. The van der Waals surface area contributed by atoms with E-state index in [0.717, 1.165) is 5.56 Å². The van der Waals surface area contributed by atoms with Crippen molar-refractivity contribution in [3.63, 3.8) is 0 Å². The van der Waals surface area contributed by atoms with Gasteiger partial charge in [0, 0.05) is 25.2 Å². The van der Waals surface area contributed by atoms with E-state index in [0.29, 0.717) is 6.54 Å². The Hall–Kier alpha value is -2.69. The third kappa shape index (κ3) is 3.98. The second-order valence-corrected chi connectivity index (χ2v) is 6.65. The lowest BCUT2D eigenvalue weighted by atomic mass is 9.84. The van der Waals surface area contributed by atoms with E-state index >= 15 is 0 Å². The predicted octanol–water partition coefficient (Wildman–Crippen LogP) is 3.14. The number of carbonyl (C=O) groups excluding carboxylic acids is 1. The summed E-state index contributed by atoms with van der Waals surface area (Å²) in [6.07, 6.45) is 1.34. The highest BCUT2D eigenvalue weighted by Crippen LogP contribution is 2.25. The van der Waals surface area contributed by atoms with Crippen LogP contribution in [0.2, 0.25) is 0 Å². The van der Waals surface area contributed by atoms with Gasteiger partial charge in [0.05, 0.1) is 5.56 Å². The maximum Gasteiger partial charge on any atom is 0.335 e. The summed E-state index contributed by atoms with van der Waals surface area (Å²) in [6.45, 7) is 6.67. The fourth-order valence-corrected chi connectivity index (χ4v) is 2.64. The molecule has 0 radical (unpaired) electrons. The molecule has 0 aliphatic rings. The SMILES string of the molecule is Cc1ccc(C(C)(C)CN(C)C(=O)c2cc(C(=O)O)ccn2)cc1. The van der Waals surface area contributed by atoms with Gasteiger partial charge >= 0.3 is 5.97 Å². The quantitative estimate of drug-likeness (QED) is 0.916. The number of hydrogen-bond donors (Lipinski definition) is 1. The monoisotopic (exact) mass is 326 g/mol. The van der Waals surface area contributed by atoms with Crippen LogP contribution in [0.25, 0.3) is 0 Å². The van der Waals surface area contributed by atoms with E-state index in [1.54, 1.807) is 11.9 Å². The number of carboxylic acids is 1. The van der Waals surface area contributed by atoms with Crippen molar-refractivity contribution in [3.8, 4) is 0 Å². The molecule has 2 rings (SSSR count). The molecule has 0 saturated carbocycles. The van der Waals surface area contributed by atoms with E-state index in [1.165, 1.54) is 23.9 Å². The molecule has 1 N–H and O–H groups in total. The predicted molar refractivity (Wildman–Crippen MR) is 92.4 cm³/mol. The number of likely N-dealkylation sites (N-methyl/N-ethyl adjacent to an activating group) is 1. The molecule has 0 aliphatic heterocycles. The van der Waals surface area contributed by atoms with Crippen molar-refractivity contribution in [2.75, 3.05) is 13.6 Å². The number of aromatic nitrogens is 1. The van der Waals surface area contributed by atoms with Gasteiger partial charge in [-0.2, -0.15) is 0 Å². The molecular formula is C19H22N2O3. The van der Waals surface area contributed by atoms with E-state index in [4.69, 9.17) is 5.11 Å². The zero-order valence-corrected chi connectivity index (χ0v) is 14.4. The summed E-state index contributed by atoms with van der Waals surface area (Å²) in [5.74, 6) is -1.37. The van der Waals surface area contributed by atoms with E-state index in [9.17, 15) is 9.59 Å². The first-order valence-corrected chi connectivity index (χ1v) is 7.72. The first kappa shape index (κ1) is 17.7. The molecule has 24 heavy (non-hydrogen) atoms. The van der Waals surface area contributed by atoms with E-state index < -0.39 is 5.97 Å². The van der Waals surface area contributed by atoms with Crippen molar-refractivity contribution in [1.82, 2.24) is 9.88 Å². The average Bonchev–Trinajstić information content (AvgIpc) is 2.54. The molecule has 126 valence electrons. The minimum absolute atomic E-state index is 0.0551. The Labute approximate surface area is 142 Å². The molecule has 0 fully saturated rings. The van der Waals surface area contributed by atoms with Gasteiger partial charge in [0.25, 0.3) is 5.91 Å². The lowest BCUT2D eigenvalue weighted by Gasteiger charge is -2.31. The molecule has 1 amide bonds. The first-order chi connectivity index (χ1) is 11.2. The number of benzene rings is 1. The van der Waals surface area contributed by atoms with Gasteiger partial charge in [-0.1, -0.05) is 43.7 Å². The molecule has 0 spiro atoms. The van der Waals surface area contributed by atoms with Crippen LogP contribution in [0.4, 0.5) is 0 Å². The maximum atomic E-state index is 12.6. The molecule has 0 bridgehead atoms. The van der Waals surface area contributed by atoms with Crippen LogP contribution in [0.3, 0.4) is 0 Å². The van der Waals surface area contributed by atoms with Crippen LogP contribution in [-0.4, -0.2) is 40.5 Å². The molecule has 0 saturated heterocycles. The van der Waals surface area contributed by atoms with Crippen LogP contribution in [0.5, 0.6) is 0 Å². The molecule has 0 unspecified atom stereocenters. The third-order valence-corrected chi connectivity index (χ3v) is 4.04. The van der Waals surface area contributed by atoms with Crippen LogP contribution in [-0.2, 0) is 5.41 Å². The highest BCUT2D eigenvalue weighted by molar-refractivity contribution is 5.95. The van der Waals surface area contributed by atoms with Gasteiger partial charge in [0.15, 0.2) is 0 Å². The number of carbonyl (C=O) groups is 2. The van der Waals surface area contributed by atoms with Crippen molar-refractivity contribution in [2.45, 2.75) is 26.2 Å². The lowest BCUT2D eigenvalue weighted by molar-refractivity contribution is 0.0696. The normalized spacial score (nSPS) is 11.2. The molecular weight excluding hydrogens is 304 g/mol. The Balaban J connectivity index is 2.17. The van der Waals surface area contributed by atoms with Gasteiger partial charge in [-0.05, 0) is 24.6 Å².